The van der Waals surface area contributed by atoms with Gasteiger partial charge in [0.2, 0.25) is 0 Å². The molecule has 1 aromatic carbocycles. The molecular weight excluding hydrogens is 194 g/mol. The molecule has 0 bridgehead atoms. The van der Waals surface area contributed by atoms with E-state index in [2.05, 4.69) is 57.2 Å². The molecule has 1 nitrogen and oxygen atoms in total. The summed E-state index contributed by atoms with van der Waals surface area (Å²) in [5, 5.41) is 0. The fourth-order valence-corrected chi connectivity index (χ4v) is 2.64. The maximum Gasteiger partial charge on any atom is 0.0585 e. The highest BCUT2D eigenvalue weighted by molar-refractivity contribution is 5.79. The third-order valence-corrected chi connectivity index (χ3v) is 3.52. The van der Waals surface area contributed by atoms with Crippen molar-refractivity contribution in [2.24, 2.45) is 0 Å². The highest BCUT2D eigenvalue weighted by Crippen LogP contribution is 2.47. The van der Waals surface area contributed by atoms with E-state index in [9.17, 15) is 0 Å². The van der Waals surface area contributed by atoms with Gasteiger partial charge < -0.3 is 0 Å². The quantitative estimate of drug-likeness (QED) is 0.644. The number of aromatic nitrogens is 1. The molecule has 0 N–H and O–H groups in total. The van der Waals surface area contributed by atoms with Gasteiger partial charge in [0.15, 0.2) is 0 Å². The lowest BCUT2D eigenvalue weighted by Gasteiger charge is -2.20. The summed E-state index contributed by atoms with van der Waals surface area (Å²) in [4.78, 5) is 4.72. The molecule has 0 spiro atoms. The number of hydrogen-bond donors (Lipinski definition) is 0. The van der Waals surface area contributed by atoms with Crippen LogP contribution in [0, 0.1) is 6.92 Å². The predicted molar refractivity (Wildman–Crippen MR) is 66.5 cm³/mol. The summed E-state index contributed by atoms with van der Waals surface area (Å²) in [5.41, 5.74) is 6.38. The summed E-state index contributed by atoms with van der Waals surface area (Å²) in [6.45, 7) is 6.56. The first-order chi connectivity index (χ1) is 7.60. The zero-order valence-corrected chi connectivity index (χ0v) is 9.91. The lowest BCUT2D eigenvalue weighted by Crippen LogP contribution is -2.16. The zero-order valence-electron chi connectivity index (χ0n) is 9.91. The van der Waals surface area contributed by atoms with Crippen molar-refractivity contribution < 1.29 is 0 Å². The van der Waals surface area contributed by atoms with Crippen molar-refractivity contribution in [1.29, 1.82) is 0 Å². The Bertz CT molecular complexity index is 567. The van der Waals surface area contributed by atoms with Gasteiger partial charge in [-0.2, -0.15) is 0 Å². The fourth-order valence-electron chi connectivity index (χ4n) is 2.64. The minimum Gasteiger partial charge on any atom is -0.257 e. The van der Waals surface area contributed by atoms with Gasteiger partial charge in [-0.1, -0.05) is 44.2 Å². The summed E-state index contributed by atoms with van der Waals surface area (Å²) >= 11 is 0. The van der Waals surface area contributed by atoms with Gasteiger partial charge in [0.05, 0.1) is 5.69 Å². The Hall–Kier alpha value is -1.63. The van der Waals surface area contributed by atoms with Crippen LogP contribution in [-0.4, -0.2) is 4.98 Å². The first-order valence-corrected chi connectivity index (χ1v) is 5.69. The van der Waals surface area contributed by atoms with Crippen LogP contribution >= 0.6 is 0 Å². The molecular formula is C15H15N. The van der Waals surface area contributed by atoms with Gasteiger partial charge in [0, 0.05) is 16.7 Å². The third kappa shape index (κ3) is 1.09. The summed E-state index contributed by atoms with van der Waals surface area (Å²) < 4.78 is 0. The maximum atomic E-state index is 4.72. The van der Waals surface area contributed by atoms with Crippen LogP contribution in [0.4, 0.5) is 0 Å². The van der Waals surface area contributed by atoms with Crippen molar-refractivity contribution in [3.8, 4) is 11.1 Å². The molecule has 1 heteroatoms. The van der Waals surface area contributed by atoms with E-state index in [0.29, 0.717) is 0 Å². The molecule has 0 aliphatic heterocycles. The molecule has 0 saturated carbocycles. The van der Waals surface area contributed by atoms with Crippen LogP contribution in [0.5, 0.6) is 0 Å². The number of fused-ring (bicyclic) bond motifs is 3. The van der Waals surface area contributed by atoms with Gasteiger partial charge >= 0.3 is 0 Å². The van der Waals surface area contributed by atoms with Crippen LogP contribution in [0.3, 0.4) is 0 Å². The van der Waals surface area contributed by atoms with Gasteiger partial charge in [-0.15, -0.1) is 0 Å². The lowest BCUT2D eigenvalue weighted by atomic mass is 9.85. The fraction of sp³-hybridized carbons (Fsp3) is 0.267. The Morgan fingerprint density at radius 3 is 2.50 bits per heavy atom. The second kappa shape index (κ2) is 2.94. The zero-order chi connectivity index (χ0) is 11.3. The van der Waals surface area contributed by atoms with Crippen molar-refractivity contribution in [2.75, 3.05) is 0 Å². The summed E-state index contributed by atoms with van der Waals surface area (Å²) in [6.07, 6.45) is 0. The van der Waals surface area contributed by atoms with Gasteiger partial charge in [-0.05, 0) is 24.1 Å². The van der Waals surface area contributed by atoms with Crippen LogP contribution in [0.1, 0.15) is 30.8 Å². The second-order valence-corrected chi connectivity index (χ2v) is 5.02. The highest BCUT2D eigenvalue weighted by Gasteiger charge is 2.36. The van der Waals surface area contributed by atoms with Crippen molar-refractivity contribution in [1.82, 2.24) is 4.98 Å². The van der Waals surface area contributed by atoms with E-state index in [1.165, 1.54) is 22.4 Å². The average Bonchev–Trinajstić information content (AvgIpc) is 2.49. The standard InChI is InChI=1S/C15H15N/c1-10-8-9-12-11-6-4-5-7-13(11)15(2,3)14(12)16-10/h4-9H,1-3H3. The van der Waals surface area contributed by atoms with E-state index in [1.807, 2.05) is 0 Å². The Labute approximate surface area is 96.2 Å². The SMILES string of the molecule is Cc1ccc2c(n1)C(C)(C)c1ccccc1-2. The minimum atomic E-state index is 0.0396. The Balaban J connectivity index is 2.39. The van der Waals surface area contributed by atoms with Crippen LogP contribution in [-0.2, 0) is 5.41 Å². The summed E-state index contributed by atoms with van der Waals surface area (Å²) in [7, 11) is 0. The van der Waals surface area contributed by atoms with Gasteiger partial charge in [0.25, 0.3) is 0 Å². The monoisotopic (exact) mass is 209 g/mol. The Morgan fingerprint density at radius 2 is 1.69 bits per heavy atom. The van der Waals surface area contributed by atoms with E-state index in [-0.39, 0.29) is 5.41 Å². The van der Waals surface area contributed by atoms with Crippen molar-refractivity contribution >= 4 is 0 Å². The van der Waals surface area contributed by atoms with E-state index in [1.54, 1.807) is 0 Å². The molecule has 0 fully saturated rings. The first-order valence-electron chi connectivity index (χ1n) is 5.69. The van der Waals surface area contributed by atoms with Crippen LogP contribution in [0.2, 0.25) is 0 Å². The number of hydrogen-bond acceptors (Lipinski definition) is 1. The first kappa shape index (κ1) is 9.59. The molecule has 1 aliphatic rings. The molecule has 80 valence electrons. The molecule has 1 aliphatic carbocycles. The molecule has 0 saturated heterocycles. The summed E-state index contributed by atoms with van der Waals surface area (Å²) in [6, 6.07) is 12.9. The molecule has 0 radical (unpaired) electrons. The lowest BCUT2D eigenvalue weighted by molar-refractivity contribution is 0.634. The predicted octanol–water partition coefficient (Wildman–Crippen LogP) is 3.70. The maximum absolute atomic E-state index is 4.72. The normalized spacial score (nSPS) is 15.7. The average molecular weight is 209 g/mol. The topological polar surface area (TPSA) is 12.9 Å². The van der Waals surface area contributed by atoms with E-state index < -0.39 is 0 Å². The Kier molecular flexibility index (Phi) is 1.76. The summed E-state index contributed by atoms with van der Waals surface area (Å²) in [5.74, 6) is 0. The minimum absolute atomic E-state index is 0.0396. The van der Waals surface area contributed by atoms with E-state index >= 15 is 0 Å². The van der Waals surface area contributed by atoms with Crippen molar-refractivity contribution in [3.05, 3.63) is 53.3 Å². The van der Waals surface area contributed by atoms with Crippen LogP contribution < -0.4 is 0 Å². The number of pyridine rings is 1. The van der Waals surface area contributed by atoms with Gasteiger partial charge in [0.1, 0.15) is 0 Å². The molecule has 2 aromatic rings. The number of aryl methyl sites for hydroxylation is 1. The second-order valence-electron chi connectivity index (χ2n) is 5.02. The van der Waals surface area contributed by atoms with E-state index in [4.69, 9.17) is 4.98 Å². The van der Waals surface area contributed by atoms with Crippen LogP contribution in [0.25, 0.3) is 11.1 Å². The Morgan fingerprint density at radius 1 is 0.938 bits per heavy atom. The van der Waals surface area contributed by atoms with Gasteiger partial charge in [-0.25, -0.2) is 0 Å². The highest BCUT2D eigenvalue weighted by atomic mass is 14.7. The largest absolute Gasteiger partial charge is 0.257 e. The third-order valence-electron chi connectivity index (χ3n) is 3.52. The molecule has 16 heavy (non-hydrogen) atoms. The molecule has 1 aromatic heterocycles. The van der Waals surface area contributed by atoms with Crippen molar-refractivity contribution in [3.63, 3.8) is 0 Å². The van der Waals surface area contributed by atoms with Crippen LogP contribution in [0.15, 0.2) is 36.4 Å². The molecule has 0 atom stereocenters. The number of benzene rings is 1. The molecule has 0 amide bonds. The van der Waals surface area contributed by atoms with Crippen molar-refractivity contribution in [2.45, 2.75) is 26.2 Å². The molecule has 3 rings (SSSR count). The van der Waals surface area contributed by atoms with E-state index in [0.717, 1.165) is 5.69 Å². The number of nitrogens with zero attached hydrogens (tertiary/aromatic N) is 1. The molecule has 1 heterocycles. The molecule has 0 unspecified atom stereocenters. The number of rotatable bonds is 0. The van der Waals surface area contributed by atoms with Gasteiger partial charge in [-0.3, -0.25) is 4.98 Å². The smallest absolute Gasteiger partial charge is 0.0585 e.